The molecule has 4 unspecified atom stereocenters. The first kappa shape index (κ1) is 35.7. The van der Waals surface area contributed by atoms with E-state index in [4.69, 9.17) is 13.6 Å². The smallest absolute Gasteiger partial charge is 0.309 e. The molecule has 0 bridgehead atoms. The Morgan fingerprint density at radius 2 is 1.32 bits per heavy atom. The highest BCUT2D eigenvalue weighted by Crippen LogP contribution is 2.24. The second kappa shape index (κ2) is 18.9. The third-order valence-electron chi connectivity index (χ3n) is 6.55. The van der Waals surface area contributed by atoms with Gasteiger partial charge in [-0.15, -0.1) is 5.82 Å². The van der Waals surface area contributed by atoms with Gasteiger partial charge in [0.25, 0.3) is 0 Å². The molecule has 0 aliphatic heterocycles. The Hall–Kier alpha value is -1.28. The highest BCUT2D eigenvalue weighted by atomic mass is 28.4. The summed E-state index contributed by atoms with van der Waals surface area (Å²) in [6.07, 6.45) is 4.51. The molecule has 0 radical (unpaired) electrons. The predicted molar refractivity (Wildman–Crippen MR) is 161 cm³/mol. The van der Waals surface area contributed by atoms with Crippen LogP contribution in [0.2, 0.25) is 38.3 Å². The van der Waals surface area contributed by atoms with Gasteiger partial charge in [-0.1, -0.05) is 20.8 Å². The van der Waals surface area contributed by atoms with Crippen LogP contribution in [-0.2, 0) is 23.2 Å². The Kier molecular flexibility index (Phi) is 18.2. The van der Waals surface area contributed by atoms with Crippen LogP contribution < -0.4 is 10.6 Å². The molecule has 0 aliphatic carbocycles. The molecule has 10 heteroatoms. The highest BCUT2D eigenvalue weighted by Gasteiger charge is 2.32. The van der Waals surface area contributed by atoms with E-state index in [1.165, 1.54) is 0 Å². The molecule has 0 aromatic heterocycles. The van der Waals surface area contributed by atoms with E-state index in [9.17, 15) is 9.59 Å². The summed E-state index contributed by atoms with van der Waals surface area (Å²) >= 11 is 0. The highest BCUT2D eigenvalue weighted by molar-refractivity contribution is 6.84. The molecule has 0 aromatic carbocycles. The average molecular weight is 555 g/mol. The monoisotopic (exact) mass is 554 g/mol. The fourth-order valence-corrected chi connectivity index (χ4v) is 12.8. The zero-order valence-electron chi connectivity index (χ0n) is 25.4. The first-order valence-electron chi connectivity index (χ1n) is 14.2. The summed E-state index contributed by atoms with van der Waals surface area (Å²) in [6, 6.07) is 5.51. The van der Waals surface area contributed by atoms with Gasteiger partial charge in [0, 0.05) is 18.6 Å². The van der Waals surface area contributed by atoms with Gasteiger partial charge in [-0.3, -0.25) is 9.59 Å². The molecule has 2 N–H and O–H groups in total. The second-order valence-electron chi connectivity index (χ2n) is 11.7. The van der Waals surface area contributed by atoms with E-state index in [-0.39, 0.29) is 23.8 Å². The van der Waals surface area contributed by atoms with Crippen LogP contribution >= 0.6 is 0 Å². The molecule has 0 heterocycles. The largest absolute Gasteiger partial charge is 0.465 e. The van der Waals surface area contributed by atoms with Crippen molar-refractivity contribution < 1.29 is 23.2 Å². The first-order chi connectivity index (χ1) is 17.2. The Morgan fingerprint density at radius 3 is 1.81 bits per heavy atom. The number of esters is 2. The number of rotatable bonds is 20. The van der Waals surface area contributed by atoms with Crippen molar-refractivity contribution in [3.8, 4) is 11.9 Å². The van der Waals surface area contributed by atoms with Crippen LogP contribution in [0.3, 0.4) is 0 Å². The Morgan fingerprint density at radius 1 is 0.838 bits per heavy atom. The third-order valence-corrected chi connectivity index (χ3v) is 14.1. The summed E-state index contributed by atoms with van der Waals surface area (Å²) < 4.78 is 17.6. The number of ether oxygens (including phenoxy) is 2. The fourth-order valence-electron chi connectivity index (χ4n) is 3.97. The van der Waals surface area contributed by atoms with Gasteiger partial charge in [0.15, 0.2) is 24.5 Å². The van der Waals surface area contributed by atoms with Gasteiger partial charge in [-0.2, -0.15) is 0 Å². The van der Waals surface area contributed by atoms with Crippen LogP contribution in [-0.4, -0.2) is 68.3 Å². The molecule has 0 fully saturated rings. The van der Waals surface area contributed by atoms with Crippen LogP contribution in [0.15, 0.2) is 0 Å². The molecule has 0 spiro atoms. The maximum Gasteiger partial charge on any atom is 0.309 e. The summed E-state index contributed by atoms with van der Waals surface area (Å²) in [5, 5.41) is 6.61. The van der Waals surface area contributed by atoms with Crippen molar-refractivity contribution in [1.82, 2.24) is 10.6 Å². The van der Waals surface area contributed by atoms with Gasteiger partial charge in [0.1, 0.15) is 0 Å². The zero-order chi connectivity index (χ0) is 28.5. The van der Waals surface area contributed by atoms with Crippen LogP contribution in [0, 0.1) is 23.7 Å². The molecule has 0 rings (SSSR count). The fraction of sp³-hybridized carbons (Fsp3) is 0.852. The minimum absolute atomic E-state index is 0.0346. The molecule has 0 saturated heterocycles. The molecule has 214 valence electrons. The number of carbonyl (C=O) groups is 2. The Balaban J connectivity index is 4.17. The molecule has 0 saturated carbocycles. The normalized spacial score (nSPS) is 15.1. The van der Waals surface area contributed by atoms with E-state index in [2.05, 4.69) is 62.5 Å². The lowest BCUT2D eigenvalue weighted by Gasteiger charge is -2.34. The van der Waals surface area contributed by atoms with Crippen molar-refractivity contribution in [2.24, 2.45) is 11.8 Å². The van der Waals surface area contributed by atoms with Crippen molar-refractivity contribution in [2.75, 3.05) is 19.8 Å². The minimum Gasteiger partial charge on any atom is -0.465 e. The number of nitrogens with one attached hydrogen (secondary N) is 2. The van der Waals surface area contributed by atoms with Crippen molar-refractivity contribution >= 4 is 36.4 Å². The van der Waals surface area contributed by atoms with Gasteiger partial charge >= 0.3 is 11.9 Å². The third kappa shape index (κ3) is 18.6. The zero-order valence-corrected chi connectivity index (χ0v) is 27.4. The topological polar surface area (TPSA) is 85.9 Å². The Bertz CT molecular complexity index is 727. The lowest BCUT2D eigenvalue weighted by atomic mass is 10.1. The summed E-state index contributed by atoms with van der Waals surface area (Å²) in [7, 11) is -1.89. The van der Waals surface area contributed by atoms with Crippen molar-refractivity contribution in [3.63, 3.8) is 0 Å². The molecule has 37 heavy (non-hydrogen) atoms. The molecule has 0 amide bonds. The molecule has 0 aliphatic rings. The lowest BCUT2D eigenvalue weighted by Crippen LogP contribution is -2.44. The van der Waals surface area contributed by atoms with E-state index < -0.39 is 16.6 Å². The number of hydrogen-bond acceptors (Lipinski definition) is 7. The minimum atomic E-state index is -1.86. The summed E-state index contributed by atoms with van der Waals surface area (Å²) in [4.78, 5) is 24.2. The van der Waals surface area contributed by atoms with Gasteiger partial charge in [0.05, 0.1) is 25.0 Å². The molecule has 4 atom stereocenters. The molecular weight excluding hydrogens is 499 g/mol. The standard InChI is InChI=1S/C27H55BN2O5Si2/c1-10-22(2)26(31)33-17-11-19-36(6,7)35-37(8,9)20-12-18-34-27(32)23(3)21-30-25(5)14-13-24(4)29-16-15-28/h22-25,29-30H,10-14,17-21,28H2,1-9H3. The lowest BCUT2D eigenvalue weighted by molar-refractivity contribution is -0.148. The maximum absolute atomic E-state index is 12.4. The van der Waals surface area contributed by atoms with Crippen LogP contribution in [0.4, 0.5) is 0 Å². The van der Waals surface area contributed by atoms with Gasteiger partial charge in [-0.05, 0) is 90.3 Å². The van der Waals surface area contributed by atoms with E-state index in [0.29, 0.717) is 31.8 Å². The van der Waals surface area contributed by atoms with Crippen molar-refractivity contribution in [2.45, 2.75) is 117 Å². The summed E-state index contributed by atoms with van der Waals surface area (Å²) in [5.74, 6) is 2.39. The summed E-state index contributed by atoms with van der Waals surface area (Å²) in [5.41, 5.74) is 0. The molecule has 7 nitrogen and oxygen atoms in total. The van der Waals surface area contributed by atoms with Crippen LogP contribution in [0.25, 0.3) is 0 Å². The quantitative estimate of drug-likeness (QED) is 0.0765. The van der Waals surface area contributed by atoms with E-state index in [0.717, 1.165) is 44.2 Å². The summed E-state index contributed by atoms with van der Waals surface area (Å²) in [6.45, 7) is 20.6. The van der Waals surface area contributed by atoms with Gasteiger partial charge in [-0.25, -0.2) is 0 Å². The molecular formula is C27H55BN2O5Si2. The van der Waals surface area contributed by atoms with Gasteiger partial charge < -0.3 is 24.2 Å². The van der Waals surface area contributed by atoms with E-state index in [1.54, 1.807) is 0 Å². The molecule has 0 aromatic rings. The average Bonchev–Trinajstić information content (AvgIpc) is 2.83. The van der Waals surface area contributed by atoms with Crippen LogP contribution in [0.5, 0.6) is 0 Å². The van der Waals surface area contributed by atoms with Gasteiger partial charge in [0.2, 0.25) is 0 Å². The number of hydrogen-bond donors (Lipinski definition) is 2. The SMILES string of the molecule is BC#CNC(C)CCC(C)NCC(C)C(=O)OCCC[Si](C)(C)O[Si](C)(C)CCCOC(=O)C(C)CC. The van der Waals surface area contributed by atoms with Crippen LogP contribution in [0.1, 0.15) is 66.7 Å². The first-order valence-corrected chi connectivity index (χ1v) is 20.4. The van der Waals surface area contributed by atoms with Crippen molar-refractivity contribution in [3.05, 3.63) is 0 Å². The number of carbonyl (C=O) groups excluding carboxylic acids is 2. The Labute approximate surface area is 230 Å². The maximum atomic E-state index is 12.4. The second-order valence-corrected chi connectivity index (χ2v) is 20.5. The van der Waals surface area contributed by atoms with E-state index >= 15 is 0 Å². The van der Waals surface area contributed by atoms with E-state index in [1.807, 2.05) is 28.6 Å². The predicted octanol–water partition coefficient (Wildman–Crippen LogP) is 4.25. The van der Waals surface area contributed by atoms with Crippen molar-refractivity contribution in [1.29, 1.82) is 0 Å².